The Bertz CT molecular complexity index is 1160. The number of unbranched alkanes of at least 4 members (excludes halogenated alkanes) is 2. The smallest absolute Gasteiger partial charge is 0.273 e. The second-order valence-corrected chi connectivity index (χ2v) is 8.61. The summed E-state index contributed by atoms with van der Waals surface area (Å²) in [5.41, 5.74) is 5.04. The fourth-order valence-corrected chi connectivity index (χ4v) is 4.72. The van der Waals surface area contributed by atoms with Crippen molar-refractivity contribution in [3.8, 4) is 28.5 Å². The highest BCUT2D eigenvalue weighted by Gasteiger charge is 2.42. The van der Waals surface area contributed by atoms with Gasteiger partial charge >= 0.3 is 0 Å². The molecule has 2 heterocycles. The van der Waals surface area contributed by atoms with Crippen LogP contribution in [0.5, 0.6) is 17.2 Å². The summed E-state index contributed by atoms with van der Waals surface area (Å²) in [5, 5.41) is 28.4. The van der Waals surface area contributed by atoms with Crippen molar-refractivity contribution < 1.29 is 19.7 Å². The molecule has 0 bridgehead atoms. The van der Waals surface area contributed by atoms with Crippen LogP contribution in [-0.2, 0) is 0 Å². The van der Waals surface area contributed by atoms with Crippen LogP contribution in [-0.4, -0.2) is 44.4 Å². The van der Waals surface area contributed by atoms with Crippen molar-refractivity contribution in [1.82, 2.24) is 15.1 Å². The molecule has 7 heteroatoms. The molecule has 0 aliphatic carbocycles. The maximum atomic E-state index is 13.4. The number of aromatic hydroxyl groups is 2. The summed E-state index contributed by atoms with van der Waals surface area (Å²) in [6.07, 6.45) is 2.96. The number of ether oxygens (including phenoxy) is 1. The van der Waals surface area contributed by atoms with Gasteiger partial charge in [0.15, 0.2) is 11.5 Å². The molecular formula is C26H31N3O4. The van der Waals surface area contributed by atoms with Crippen molar-refractivity contribution in [2.45, 2.75) is 53.0 Å². The first kappa shape index (κ1) is 22.7. The third kappa shape index (κ3) is 4.03. The average molecular weight is 450 g/mol. The number of aryl methyl sites for hydroxylation is 2. The van der Waals surface area contributed by atoms with E-state index in [0.717, 1.165) is 41.5 Å². The topological polar surface area (TPSA) is 98.7 Å². The van der Waals surface area contributed by atoms with Crippen LogP contribution in [0, 0.1) is 13.8 Å². The van der Waals surface area contributed by atoms with Gasteiger partial charge in [0.05, 0.1) is 12.6 Å². The molecule has 0 radical (unpaired) electrons. The average Bonchev–Trinajstić information content (AvgIpc) is 3.29. The standard InChI is InChI=1S/C26H31N3O4/c1-5-7-8-11-29-25(17-9-10-18(30)20(14-17)33-6-2)22-23(27-28-24(22)26(29)32)21-16(4)12-15(3)13-19(21)31/h9-10,12-14,25,30-31H,5-8,11H2,1-4H3,(H,27,28). The molecule has 4 rings (SSSR count). The van der Waals surface area contributed by atoms with E-state index >= 15 is 0 Å². The summed E-state index contributed by atoms with van der Waals surface area (Å²) >= 11 is 0. The van der Waals surface area contributed by atoms with E-state index in [9.17, 15) is 15.0 Å². The lowest BCUT2D eigenvalue weighted by Gasteiger charge is -2.27. The van der Waals surface area contributed by atoms with Crippen molar-refractivity contribution in [2.24, 2.45) is 0 Å². The largest absolute Gasteiger partial charge is 0.507 e. The molecule has 1 amide bonds. The molecule has 7 nitrogen and oxygen atoms in total. The predicted molar refractivity (Wildman–Crippen MR) is 127 cm³/mol. The van der Waals surface area contributed by atoms with Crippen molar-refractivity contribution in [3.63, 3.8) is 0 Å². The highest BCUT2D eigenvalue weighted by molar-refractivity contribution is 6.00. The Labute approximate surface area is 194 Å². The lowest BCUT2D eigenvalue weighted by molar-refractivity contribution is 0.0740. The summed E-state index contributed by atoms with van der Waals surface area (Å²) in [5.74, 6) is 0.462. The number of phenols is 2. The van der Waals surface area contributed by atoms with Crippen molar-refractivity contribution in [1.29, 1.82) is 0 Å². The molecule has 1 unspecified atom stereocenters. The number of phenolic OH excluding ortho intramolecular Hbond substituents is 2. The Morgan fingerprint density at radius 3 is 2.58 bits per heavy atom. The zero-order chi connectivity index (χ0) is 23.7. The van der Waals surface area contributed by atoms with Crippen LogP contribution < -0.4 is 4.74 Å². The van der Waals surface area contributed by atoms with E-state index in [2.05, 4.69) is 17.1 Å². The Balaban J connectivity index is 1.89. The number of carbonyl (C=O) groups is 1. The van der Waals surface area contributed by atoms with Gasteiger partial charge in [0.2, 0.25) is 0 Å². The number of benzene rings is 2. The summed E-state index contributed by atoms with van der Waals surface area (Å²) < 4.78 is 5.62. The van der Waals surface area contributed by atoms with E-state index < -0.39 is 6.04 Å². The molecule has 174 valence electrons. The molecule has 1 aliphatic heterocycles. The van der Waals surface area contributed by atoms with Crippen molar-refractivity contribution >= 4 is 5.91 Å². The van der Waals surface area contributed by atoms with Gasteiger partial charge in [-0.25, -0.2) is 0 Å². The van der Waals surface area contributed by atoms with Gasteiger partial charge in [-0.05, 0) is 62.1 Å². The summed E-state index contributed by atoms with van der Waals surface area (Å²) in [6, 6.07) is 8.50. The van der Waals surface area contributed by atoms with E-state index in [1.165, 1.54) is 0 Å². The van der Waals surface area contributed by atoms with Crippen LogP contribution in [0.25, 0.3) is 11.3 Å². The van der Waals surface area contributed by atoms with Gasteiger partial charge in [-0.15, -0.1) is 0 Å². The predicted octanol–water partition coefficient (Wildman–Crippen LogP) is 5.24. The minimum Gasteiger partial charge on any atom is -0.507 e. The van der Waals surface area contributed by atoms with E-state index in [1.54, 1.807) is 18.2 Å². The molecule has 2 aromatic carbocycles. The molecule has 0 fully saturated rings. The van der Waals surface area contributed by atoms with Gasteiger partial charge in [-0.1, -0.05) is 31.9 Å². The van der Waals surface area contributed by atoms with Crippen LogP contribution in [0.3, 0.4) is 0 Å². The van der Waals surface area contributed by atoms with Gasteiger partial charge in [-0.2, -0.15) is 5.10 Å². The summed E-state index contributed by atoms with van der Waals surface area (Å²) in [6.45, 7) is 8.87. The molecule has 1 atom stereocenters. The Morgan fingerprint density at radius 2 is 1.88 bits per heavy atom. The van der Waals surface area contributed by atoms with Crippen LogP contribution in [0.15, 0.2) is 30.3 Å². The molecule has 0 saturated heterocycles. The number of amides is 1. The van der Waals surface area contributed by atoms with Gasteiger partial charge in [0.25, 0.3) is 5.91 Å². The maximum Gasteiger partial charge on any atom is 0.273 e. The molecule has 1 aromatic heterocycles. The molecule has 33 heavy (non-hydrogen) atoms. The number of H-pyrrole nitrogens is 1. The second-order valence-electron chi connectivity index (χ2n) is 8.61. The molecule has 3 aromatic rings. The maximum absolute atomic E-state index is 13.4. The van der Waals surface area contributed by atoms with Crippen LogP contribution in [0.4, 0.5) is 0 Å². The van der Waals surface area contributed by atoms with Gasteiger partial charge in [-0.3, -0.25) is 9.89 Å². The van der Waals surface area contributed by atoms with E-state index in [0.29, 0.717) is 35.9 Å². The summed E-state index contributed by atoms with van der Waals surface area (Å²) in [7, 11) is 0. The van der Waals surface area contributed by atoms with Gasteiger partial charge in [0.1, 0.15) is 17.1 Å². The Kier molecular flexibility index (Phi) is 6.31. The van der Waals surface area contributed by atoms with Crippen LogP contribution in [0.1, 0.15) is 71.9 Å². The SMILES string of the molecule is CCCCCN1C(=O)c2[nH]nc(-c3c(C)cc(C)cc3O)c2C1c1ccc(O)c(OCC)c1. The first-order valence-electron chi connectivity index (χ1n) is 11.5. The lowest BCUT2D eigenvalue weighted by atomic mass is 9.93. The van der Waals surface area contributed by atoms with E-state index in [-0.39, 0.29) is 17.4 Å². The number of nitrogens with zero attached hydrogens (tertiary/aromatic N) is 2. The molecule has 0 saturated carbocycles. The van der Waals surface area contributed by atoms with Crippen LogP contribution >= 0.6 is 0 Å². The lowest BCUT2D eigenvalue weighted by Crippen LogP contribution is -2.30. The van der Waals surface area contributed by atoms with Crippen molar-refractivity contribution in [3.05, 3.63) is 58.3 Å². The third-order valence-electron chi connectivity index (χ3n) is 6.16. The number of nitrogens with one attached hydrogen (secondary N) is 1. The van der Waals surface area contributed by atoms with E-state index in [4.69, 9.17) is 4.74 Å². The zero-order valence-electron chi connectivity index (χ0n) is 19.6. The molecular weight excluding hydrogens is 418 g/mol. The minimum atomic E-state index is -0.405. The van der Waals surface area contributed by atoms with Crippen LogP contribution in [0.2, 0.25) is 0 Å². The normalized spacial score (nSPS) is 15.2. The highest BCUT2D eigenvalue weighted by atomic mass is 16.5. The fourth-order valence-electron chi connectivity index (χ4n) is 4.72. The fraction of sp³-hybridized carbons (Fsp3) is 0.385. The molecule has 0 spiro atoms. The molecule has 1 aliphatic rings. The first-order chi connectivity index (χ1) is 15.9. The Hall–Kier alpha value is -3.48. The third-order valence-corrected chi connectivity index (χ3v) is 6.16. The molecule has 3 N–H and O–H groups in total. The number of aromatic nitrogens is 2. The Morgan fingerprint density at radius 1 is 1.09 bits per heavy atom. The second kappa shape index (κ2) is 9.17. The zero-order valence-corrected chi connectivity index (χ0v) is 19.6. The quantitative estimate of drug-likeness (QED) is 0.409. The number of fused-ring (bicyclic) bond motifs is 1. The number of hydrogen-bond donors (Lipinski definition) is 3. The summed E-state index contributed by atoms with van der Waals surface area (Å²) in [4.78, 5) is 15.3. The van der Waals surface area contributed by atoms with Gasteiger partial charge in [0, 0.05) is 17.7 Å². The van der Waals surface area contributed by atoms with Gasteiger partial charge < -0.3 is 19.8 Å². The number of rotatable bonds is 8. The number of carbonyl (C=O) groups excluding carboxylic acids is 1. The number of aromatic amines is 1. The monoisotopic (exact) mass is 449 g/mol. The highest BCUT2D eigenvalue weighted by Crippen LogP contribution is 2.46. The first-order valence-corrected chi connectivity index (χ1v) is 11.5. The number of hydrogen-bond acceptors (Lipinski definition) is 5. The van der Waals surface area contributed by atoms with E-state index in [1.807, 2.05) is 37.8 Å². The minimum absolute atomic E-state index is 0.0575. The van der Waals surface area contributed by atoms with Crippen molar-refractivity contribution in [2.75, 3.05) is 13.2 Å².